The van der Waals surface area contributed by atoms with Crippen LogP contribution in [-0.4, -0.2) is 65.0 Å². The summed E-state index contributed by atoms with van der Waals surface area (Å²) in [5.74, 6) is 1.37. The van der Waals surface area contributed by atoms with Crippen LogP contribution in [0.1, 0.15) is 114 Å². The highest BCUT2D eigenvalue weighted by Crippen LogP contribution is 2.59. The number of aliphatic hydroxyl groups is 1. The lowest BCUT2D eigenvalue weighted by Crippen LogP contribution is -2.49. The molecule has 0 bridgehead atoms. The van der Waals surface area contributed by atoms with E-state index in [0.29, 0.717) is 17.8 Å². The van der Waals surface area contributed by atoms with Crippen molar-refractivity contribution in [2.45, 2.75) is 169 Å². The summed E-state index contributed by atoms with van der Waals surface area (Å²) in [5, 5.41) is 11.3. The number of carbonyl (C=O) groups is 1. The fourth-order valence-corrected chi connectivity index (χ4v) is 10.9. The van der Waals surface area contributed by atoms with Crippen molar-refractivity contribution in [2.75, 3.05) is 14.1 Å². The van der Waals surface area contributed by atoms with E-state index >= 15 is 0 Å². The minimum absolute atomic E-state index is 0.0115. The largest absolute Gasteiger partial charge is 0.413 e. The molecule has 3 aliphatic carbocycles. The van der Waals surface area contributed by atoms with E-state index in [0.717, 1.165) is 24.8 Å². The zero-order valence-corrected chi connectivity index (χ0v) is 36.5. The Bertz CT molecular complexity index is 1290. The zero-order valence-electron chi connectivity index (χ0n) is 34.5. The van der Waals surface area contributed by atoms with Gasteiger partial charge >= 0.3 is 0 Å². The summed E-state index contributed by atoms with van der Waals surface area (Å²) in [7, 11) is -0.476. The summed E-state index contributed by atoms with van der Waals surface area (Å²) in [6.07, 6.45) is 16.0. The number of allylic oxidation sites excluding steroid dienone is 4. The molecule has 0 radical (unpaired) electrons. The van der Waals surface area contributed by atoms with Crippen LogP contribution in [-0.2, 0) is 13.6 Å². The molecule has 0 heterocycles. The summed E-state index contributed by atoms with van der Waals surface area (Å²) in [6.45, 7) is 36.5. The molecule has 3 rings (SSSR count). The number of carbonyl (C=O) groups excluding carboxylic acids is 1. The van der Waals surface area contributed by atoms with Gasteiger partial charge in [0.2, 0.25) is 5.91 Å². The molecular weight excluding hydrogens is 639 g/mol. The summed E-state index contributed by atoms with van der Waals surface area (Å²) in [5.41, 5.74) is 3.39. The molecule has 49 heavy (non-hydrogen) atoms. The Morgan fingerprint density at radius 2 is 1.53 bits per heavy atom. The normalized spacial score (nSPS) is 30.6. The molecule has 3 saturated carbocycles. The maximum atomic E-state index is 12.7. The number of amides is 1. The third-order valence-corrected chi connectivity index (χ3v) is 22.7. The van der Waals surface area contributed by atoms with Gasteiger partial charge in [0.15, 0.2) is 16.6 Å². The number of fused-ring (bicyclic) bond motifs is 1. The second-order valence-corrected chi connectivity index (χ2v) is 29.5. The van der Waals surface area contributed by atoms with Gasteiger partial charge in [0, 0.05) is 20.5 Å². The first-order chi connectivity index (χ1) is 22.2. The number of aliphatic hydroxyl groups excluding tert-OH is 1. The molecule has 0 aliphatic heterocycles. The maximum absolute atomic E-state index is 12.7. The van der Waals surface area contributed by atoms with Gasteiger partial charge in [0.05, 0.1) is 23.7 Å². The van der Waals surface area contributed by atoms with Crippen LogP contribution in [0.15, 0.2) is 47.6 Å². The van der Waals surface area contributed by atoms with Gasteiger partial charge in [-0.1, -0.05) is 91.8 Å². The Morgan fingerprint density at radius 3 is 2.08 bits per heavy atom. The molecule has 3 fully saturated rings. The van der Waals surface area contributed by atoms with E-state index in [1.165, 1.54) is 31.3 Å². The van der Waals surface area contributed by atoms with Crippen molar-refractivity contribution in [2.24, 2.45) is 28.6 Å². The topological polar surface area (TPSA) is 59.0 Å². The molecule has 0 aromatic heterocycles. The summed E-state index contributed by atoms with van der Waals surface area (Å²) in [4.78, 5) is 14.3. The van der Waals surface area contributed by atoms with E-state index in [1.54, 1.807) is 24.6 Å². The van der Waals surface area contributed by atoms with E-state index in [9.17, 15) is 9.90 Å². The lowest BCUT2D eigenvalue weighted by molar-refractivity contribution is -0.142. The fourth-order valence-electron chi connectivity index (χ4n) is 8.27. The van der Waals surface area contributed by atoms with Gasteiger partial charge in [-0.25, -0.2) is 0 Å². The maximum Gasteiger partial charge on any atom is 0.230 e. The van der Waals surface area contributed by atoms with Crippen molar-refractivity contribution in [1.29, 1.82) is 0 Å². The molecule has 0 unspecified atom stereocenters. The first-order valence-corrected chi connectivity index (χ1v) is 25.0. The monoisotopic (exact) mass is 714 g/mol. The quantitative estimate of drug-likeness (QED) is 0.181. The Morgan fingerprint density at radius 1 is 0.959 bits per heavy atom. The van der Waals surface area contributed by atoms with Crippen LogP contribution in [0, 0.1) is 28.6 Å². The minimum atomic E-state index is -2.01. The Labute approximate surface area is 304 Å². The number of rotatable bonds is 10. The Balaban J connectivity index is 1.88. The van der Waals surface area contributed by atoms with Gasteiger partial charge in [-0.2, -0.15) is 0 Å². The van der Waals surface area contributed by atoms with Crippen LogP contribution in [0.4, 0.5) is 0 Å². The SMILES string of the molecule is C=C1/C(=C/C=C2\CCC[C@]3(C)[C@@H]([C@H](C)/C=C/[C@@H](O)C(C)(C)C(=O)N(C)C)CC[C@@H]23)C[C@@H](O[Si](C)(C)C(C)(C)C)C[C@@H]1O[Si](C)(C)C(C)(C)C. The molecule has 1 N–H and O–H groups in total. The van der Waals surface area contributed by atoms with Gasteiger partial charge in [-0.15, -0.1) is 0 Å². The third-order valence-electron chi connectivity index (χ3n) is 13.7. The van der Waals surface area contributed by atoms with Crippen LogP contribution >= 0.6 is 0 Å². The van der Waals surface area contributed by atoms with Gasteiger partial charge < -0.3 is 18.9 Å². The zero-order chi connectivity index (χ0) is 37.5. The number of hydrogen-bond donors (Lipinski definition) is 1. The van der Waals surface area contributed by atoms with Crippen molar-refractivity contribution in [3.05, 3.63) is 47.6 Å². The molecule has 5 nitrogen and oxygen atoms in total. The molecule has 3 aliphatic rings. The van der Waals surface area contributed by atoms with E-state index in [4.69, 9.17) is 8.85 Å². The first-order valence-electron chi connectivity index (χ1n) is 19.2. The second kappa shape index (κ2) is 15.0. The molecule has 0 aromatic carbocycles. The standard InChI is InChI=1S/C42H75NO4Si2/c1-29(20-25-37(44)41(9,10)38(45)43(12)13)34-23-24-35-31(19-18-26-42(34,35)11)21-22-32-27-33(46-48(14,15)39(3,4)5)28-36(30(32)2)47-49(16,17)40(6,7)8/h20-22,25,29,33-37,44H,2,18-19,23-24,26-28H2,1,3-17H3/b25-20+,31-21+,32-22+/t29-,33-,34-,35+,36+,37-,42-/m1/s1. The number of nitrogens with zero attached hydrogens (tertiary/aromatic N) is 1. The molecule has 0 saturated heterocycles. The van der Waals surface area contributed by atoms with Crippen molar-refractivity contribution < 1.29 is 18.8 Å². The van der Waals surface area contributed by atoms with Gasteiger partial charge in [-0.3, -0.25) is 4.79 Å². The summed E-state index contributed by atoms with van der Waals surface area (Å²) < 4.78 is 14.2. The smallest absolute Gasteiger partial charge is 0.230 e. The highest BCUT2D eigenvalue weighted by atomic mass is 28.4. The van der Waals surface area contributed by atoms with E-state index in [-0.39, 0.29) is 33.6 Å². The highest BCUT2D eigenvalue weighted by molar-refractivity contribution is 6.74. The van der Waals surface area contributed by atoms with Crippen LogP contribution in [0.3, 0.4) is 0 Å². The van der Waals surface area contributed by atoms with Crippen LogP contribution in [0.25, 0.3) is 0 Å². The minimum Gasteiger partial charge on any atom is -0.413 e. The molecule has 1 amide bonds. The molecule has 7 heteroatoms. The lowest BCUT2D eigenvalue weighted by Gasteiger charge is -2.45. The second-order valence-electron chi connectivity index (χ2n) is 20.0. The van der Waals surface area contributed by atoms with Crippen LogP contribution < -0.4 is 0 Å². The van der Waals surface area contributed by atoms with Gasteiger partial charge in [0.1, 0.15) is 0 Å². The predicted octanol–water partition coefficient (Wildman–Crippen LogP) is 10.9. The predicted molar refractivity (Wildman–Crippen MR) is 214 cm³/mol. The molecular formula is C42H75NO4Si2. The first kappa shape index (κ1) is 42.2. The Hall–Kier alpha value is -1.26. The van der Waals surface area contributed by atoms with E-state index < -0.39 is 28.2 Å². The molecule has 7 atom stereocenters. The molecule has 0 spiro atoms. The van der Waals surface area contributed by atoms with E-state index in [1.807, 2.05) is 19.9 Å². The average Bonchev–Trinajstić information content (AvgIpc) is 3.32. The molecule has 0 aromatic rings. The van der Waals surface area contributed by atoms with E-state index in [2.05, 4.69) is 106 Å². The van der Waals surface area contributed by atoms with Gasteiger partial charge in [-0.05, 0) is 123 Å². The third kappa shape index (κ3) is 9.22. The summed E-state index contributed by atoms with van der Waals surface area (Å²) in [6, 6.07) is 0. The fraction of sp³-hybridized carbons (Fsp3) is 0.786. The molecule has 280 valence electrons. The van der Waals surface area contributed by atoms with Crippen molar-refractivity contribution >= 4 is 22.5 Å². The van der Waals surface area contributed by atoms with Gasteiger partial charge in [0.25, 0.3) is 0 Å². The lowest BCUT2D eigenvalue weighted by atomic mass is 9.61. The summed E-state index contributed by atoms with van der Waals surface area (Å²) >= 11 is 0. The average molecular weight is 714 g/mol. The highest BCUT2D eigenvalue weighted by Gasteiger charge is 2.51. The Kier molecular flexibility index (Phi) is 12.9. The van der Waals surface area contributed by atoms with Crippen molar-refractivity contribution in [3.8, 4) is 0 Å². The number of hydrogen-bond acceptors (Lipinski definition) is 4. The van der Waals surface area contributed by atoms with Crippen LogP contribution in [0.5, 0.6) is 0 Å². The van der Waals surface area contributed by atoms with Crippen LogP contribution in [0.2, 0.25) is 36.3 Å². The van der Waals surface area contributed by atoms with Crippen molar-refractivity contribution in [3.63, 3.8) is 0 Å². The van der Waals surface area contributed by atoms with Crippen molar-refractivity contribution in [1.82, 2.24) is 4.90 Å².